The van der Waals surface area contributed by atoms with Gasteiger partial charge in [0.25, 0.3) is 0 Å². The van der Waals surface area contributed by atoms with Crippen molar-refractivity contribution in [2.45, 2.75) is 0 Å². The molecule has 4 heteroatoms. The number of rotatable bonds is 1. The number of aromatic nitrogens is 3. The first-order valence-electron chi connectivity index (χ1n) is 7.05. The van der Waals surface area contributed by atoms with E-state index in [4.69, 9.17) is 4.98 Å². The molecule has 0 spiro atoms. The van der Waals surface area contributed by atoms with Gasteiger partial charge >= 0.3 is 5.82 Å². The van der Waals surface area contributed by atoms with Crippen molar-refractivity contribution in [3.8, 4) is 11.5 Å². The predicted molar refractivity (Wildman–Crippen MR) is 84.8 cm³/mol. The number of hydrogen-bond donors (Lipinski definition) is 0. The van der Waals surface area contributed by atoms with Gasteiger partial charge in [-0.25, -0.2) is 14.1 Å². The molecule has 0 radical (unpaired) electrons. The lowest BCUT2D eigenvalue weighted by molar-refractivity contribution is -0.634. The van der Waals surface area contributed by atoms with Crippen LogP contribution in [0.1, 0.15) is 0 Å². The molecule has 0 amide bonds. The highest BCUT2D eigenvalue weighted by Crippen LogP contribution is 2.22. The molecule has 0 aliphatic carbocycles. The first-order chi connectivity index (χ1) is 10.3. The van der Waals surface area contributed by atoms with Crippen molar-refractivity contribution in [2.75, 3.05) is 0 Å². The molecule has 0 bridgehead atoms. The summed E-state index contributed by atoms with van der Waals surface area (Å²) in [6.07, 6.45) is 0. The van der Waals surface area contributed by atoms with Gasteiger partial charge in [0.2, 0.25) is 0 Å². The van der Waals surface area contributed by atoms with Gasteiger partial charge in [0.15, 0.2) is 16.7 Å². The van der Waals surface area contributed by atoms with E-state index < -0.39 is 0 Å². The Balaban J connectivity index is 0.00000144. The van der Waals surface area contributed by atoms with Crippen LogP contribution in [-0.2, 0) is 14.1 Å². The summed E-state index contributed by atoms with van der Waals surface area (Å²) in [7, 11) is 4.18. The third-order valence-corrected chi connectivity index (χ3v) is 4.07. The maximum absolute atomic E-state index is 4.82. The summed E-state index contributed by atoms with van der Waals surface area (Å²) in [5.41, 5.74) is 4.45. The number of benzene rings is 2. The number of pyridine rings is 1. The number of fused-ring (bicyclic) bond motifs is 2. The van der Waals surface area contributed by atoms with Gasteiger partial charge in [0, 0.05) is 5.39 Å². The Morgan fingerprint density at radius 1 is 0.909 bits per heavy atom. The van der Waals surface area contributed by atoms with E-state index in [0.717, 1.165) is 17.0 Å². The summed E-state index contributed by atoms with van der Waals surface area (Å²) in [5, 5.41) is 1.17. The van der Waals surface area contributed by atoms with Gasteiger partial charge in [0.1, 0.15) is 0 Å². The van der Waals surface area contributed by atoms with Crippen molar-refractivity contribution in [3.63, 3.8) is 0 Å². The van der Waals surface area contributed by atoms with Crippen LogP contribution in [0.25, 0.3) is 33.5 Å². The first kappa shape index (κ1) is 15.0. The molecule has 110 valence electrons. The fraction of sp³-hybridized carbons (Fsp3) is 0.111. The molecule has 2 aromatic carbocycles. The normalized spacial score (nSPS) is 10.8. The zero-order valence-electron chi connectivity index (χ0n) is 12.5. The second kappa shape index (κ2) is 5.68. The van der Waals surface area contributed by atoms with E-state index in [1.807, 2.05) is 12.1 Å². The highest BCUT2D eigenvalue weighted by molar-refractivity contribution is 5.81. The van der Waals surface area contributed by atoms with Crippen LogP contribution >= 0.6 is 0 Å². The van der Waals surface area contributed by atoms with E-state index in [1.54, 1.807) is 0 Å². The van der Waals surface area contributed by atoms with Crippen molar-refractivity contribution < 1.29 is 28.5 Å². The third kappa shape index (κ3) is 2.18. The Bertz CT molecular complexity index is 934. The van der Waals surface area contributed by atoms with Gasteiger partial charge in [-0.2, -0.15) is 0 Å². The highest BCUT2D eigenvalue weighted by Gasteiger charge is 2.22. The smallest absolute Gasteiger partial charge is 0.308 e. The Morgan fingerprint density at radius 3 is 2.45 bits per heavy atom. The second-order valence-electron chi connectivity index (χ2n) is 5.32. The minimum Gasteiger partial charge on any atom is -1.00 e. The molecule has 2 aromatic heterocycles. The van der Waals surface area contributed by atoms with Crippen LogP contribution in [0.15, 0.2) is 60.7 Å². The molecule has 0 atom stereocenters. The summed E-state index contributed by atoms with van der Waals surface area (Å²) in [6.45, 7) is 0. The summed E-state index contributed by atoms with van der Waals surface area (Å²) >= 11 is 0. The number of imidazole rings is 1. The molecule has 3 nitrogen and oxygen atoms in total. The van der Waals surface area contributed by atoms with Crippen LogP contribution in [0.5, 0.6) is 0 Å². The van der Waals surface area contributed by atoms with Crippen molar-refractivity contribution in [1.29, 1.82) is 0 Å². The largest absolute Gasteiger partial charge is 1.00 e. The molecule has 0 aliphatic heterocycles. The number of nitrogens with zero attached hydrogens (tertiary/aromatic N) is 3. The summed E-state index contributed by atoms with van der Waals surface area (Å²) in [6, 6.07) is 20.9. The van der Waals surface area contributed by atoms with Crippen LogP contribution in [0.4, 0.5) is 0 Å². The molecule has 0 saturated heterocycles. The van der Waals surface area contributed by atoms with Crippen LogP contribution in [-0.4, -0.2) is 9.55 Å². The summed E-state index contributed by atoms with van der Waals surface area (Å²) in [4.78, 5) is 4.82. The molecular weight excluding hydrogens is 385 g/mol. The number of para-hydroxylation sites is 3. The standard InChI is InChI=1S/C18H16N3.HI/c1-20-16-9-5-6-10-17(16)21(2)18(20)15-12-11-13-7-3-4-8-14(13)19-15;/h3-12H,1-2H3;1H/q+1;/p-1. The van der Waals surface area contributed by atoms with Gasteiger partial charge < -0.3 is 24.0 Å². The molecule has 0 unspecified atom stereocenters. The number of halogens is 1. The van der Waals surface area contributed by atoms with E-state index in [-0.39, 0.29) is 24.0 Å². The Morgan fingerprint density at radius 2 is 1.64 bits per heavy atom. The van der Waals surface area contributed by atoms with Gasteiger partial charge in [0.05, 0.1) is 19.6 Å². The van der Waals surface area contributed by atoms with Crippen LogP contribution in [0.2, 0.25) is 0 Å². The van der Waals surface area contributed by atoms with Gasteiger partial charge in [-0.3, -0.25) is 0 Å². The highest BCUT2D eigenvalue weighted by atomic mass is 127. The van der Waals surface area contributed by atoms with Crippen molar-refractivity contribution in [3.05, 3.63) is 60.7 Å². The quantitative estimate of drug-likeness (QED) is 0.331. The second-order valence-corrected chi connectivity index (χ2v) is 5.32. The molecular formula is C18H16IN3. The maximum Gasteiger partial charge on any atom is 0.308 e. The van der Waals surface area contributed by atoms with Gasteiger partial charge in [-0.1, -0.05) is 36.4 Å². The van der Waals surface area contributed by atoms with E-state index in [9.17, 15) is 0 Å². The maximum atomic E-state index is 4.82. The SMILES string of the molecule is Cn1c(-c2ccc3ccccc3n2)[n+](C)c2ccccc21.[I-]. The lowest BCUT2D eigenvalue weighted by Gasteiger charge is -2.01. The first-order valence-corrected chi connectivity index (χ1v) is 7.05. The topological polar surface area (TPSA) is 21.7 Å². The summed E-state index contributed by atoms with van der Waals surface area (Å²) < 4.78 is 4.40. The Hall–Kier alpha value is -1.95. The lowest BCUT2D eigenvalue weighted by atomic mass is 10.2. The van der Waals surface area contributed by atoms with Crippen molar-refractivity contribution in [2.24, 2.45) is 14.1 Å². The number of hydrogen-bond acceptors (Lipinski definition) is 1. The minimum atomic E-state index is 0. The molecule has 0 N–H and O–H groups in total. The van der Waals surface area contributed by atoms with Crippen molar-refractivity contribution in [1.82, 2.24) is 9.55 Å². The average Bonchev–Trinajstić information content (AvgIpc) is 2.79. The van der Waals surface area contributed by atoms with Crippen molar-refractivity contribution >= 4 is 21.9 Å². The van der Waals surface area contributed by atoms with Gasteiger partial charge in [-0.05, 0) is 24.3 Å². The number of aryl methyl sites for hydroxylation is 2. The lowest BCUT2D eigenvalue weighted by Crippen LogP contribution is -3.00. The molecule has 22 heavy (non-hydrogen) atoms. The average molecular weight is 401 g/mol. The Labute approximate surface area is 146 Å². The zero-order chi connectivity index (χ0) is 14.4. The Kier molecular flexibility index (Phi) is 3.87. The molecule has 4 rings (SSSR count). The fourth-order valence-corrected chi connectivity index (χ4v) is 3.02. The molecule has 0 fully saturated rings. The van der Waals surface area contributed by atoms with Gasteiger partial charge in [-0.15, -0.1) is 0 Å². The van der Waals surface area contributed by atoms with Crippen LogP contribution < -0.4 is 28.5 Å². The minimum absolute atomic E-state index is 0. The predicted octanol–water partition coefficient (Wildman–Crippen LogP) is 0.222. The fourth-order valence-electron chi connectivity index (χ4n) is 3.02. The third-order valence-electron chi connectivity index (χ3n) is 4.07. The monoisotopic (exact) mass is 401 g/mol. The van der Waals surface area contributed by atoms with Crippen LogP contribution in [0, 0.1) is 0 Å². The van der Waals surface area contributed by atoms with E-state index in [2.05, 4.69) is 71.8 Å². The molecule has 0 aliphatic rings. The van der Waals surface area contributed by atoms with Crippen LogP contribution in [0.3, 0.4) is 0 Å². The van der Waals surface area contributed by atoms with E-state index in [1.165, 1.54) is 16.4 Å². The molecule has 2 heterocycles. The summed E-state index contributed by atoms with van der Waals surface area (Å²) in [5.74, 6) is 1.11. The van der Waals surface area contributed by atoms with E-state index >= 15 is 0 Å². The zero-order valence-corrected chi connectivity index (χ0v) is 14.7. The molecule has 4 aromatic rings. The van der Waals surface area contributed by atoms with E-state index in [0.29, 0.717) is 0 Å². The molecule has 0 saturated carbocycles.